The van der Waals surface area contributed by atoms with Crippen molar-refractivity contribution in [2.75, 3.05) is 19.5 Å². The van der Waals surface area contributed by atoms with Crippen molar-refractivity contribution in [3.8, 4) is 0 Å². The quantitative estimate of drug-likeness (QED) is 0.639. The van der Waals surface area contributed by atoms with Crippen molar-refractivity contribution in [3.05, 3.63) is 33.9 Å². The van der Waals surface area contributed by atoms with Crippen LogP contribution in [0, 0.1) is 10.1 Å². The largest absolute Gasteiger partial charge is 0.383 e. The smallest absolute Gasteiger partial charge is 0.292 e. The second-order valence-corrected chi connectivity index (χ2v) is 5.08. The van der Waals surface area contributed by atoms with E-state index in [1.54, 1.807) is 14.2 Å². The average Bonchev–Trinajstić information content (AvgIpc) is 2.93. The minimum atomic E-state index is -0.478. The maximum Gasteiger partial charge on any atom is 0.292 e. The molecule has 0 aliphatic heterocycles. The first kappa shape index (κ1) is 15.2. The number of nitrogens with one attached hydrogen (secondary N) is 2. The van der Waals surface area contributed by atoms with Gasteiger partial charge in [-0.05, 0) is 31.4 Å². The van der Waals surface area contributed by atoms with Crippen LogP contribution in [0.25, 0.3) is 0 Å². The van der Waals surface area contributed by atoms with E-state index in [1.165, 1.54) is 18.2 Å². The van der Waals surface area contributed by atoms with E-state index in [-0.39, 0.29) is 23.7 Å². The summed E-state index contributed by atoms with van der Waals surface area (Å²) in [6, 6.07) is 4.40. The summed E-state index contributed by atoms with van der Waals surface area (Å²) >= 11 is 0. The lowest BCUT2D eigenvalue weighted by Crippen LogP contribution is -2.33. The highest BCUT2D eigenvalue weighted by Gasteiger charge is 2.26. The zero-order valence-corrected chi connectivity index (χ0v) is 12.1. The van der Waals surface area contributed by atoms with Crippen LogP contribution in [-0.2, 0) is 4.74 Å². The molecule has 1 aromatic carbocycles. The van der Waals surface area contributed by atoms with Gasteiger partial charge in [0.1, 0.15) is 5.69 Å². The second kappa shape index (κ2) is 6.53. The van der Waals surface area contributed by atoms with Gasteiger partial charge < -0.3 is 15.4 Å². The van der Waals surface area contributed by atoms with E-state index in [9.17, 15) is 14.9 Å². The number of hydrogen-bond acceptors (Lipinski definition) is 5. The van der Waals surface area contributed by atoms with Crippen molar-refractivity contribution in [3.63, 3.8) is 0 Å². The number of benzene rings is 1. The first-order chi connectivity index (χ1) is 10.0. The lowest BCUT2D eigenvalue weighted by molar-refractivity contribution is -0.383. The van der Waals surface area contributed by atoms with E-state index in [0.717, 1.165) is 19.3 Å². The predicted octanol–water partition coefficient (Wildman–Crippen LogP) is 1.93. The Labute approximate surface area is 122 Å². The number of ether oxygens (including phenoxy) is 1. The van der Waals surface area contributed by atoms with E-state index in [1.807, 2.05) is 0 Å². The number of nitro benzene ring substituents is 1. The van der Waals surface area contributed by atoms with Crippen LogP contribution >= 0.6 is 0 Å². The number of hydrogen-bond donors (Lipinski definition) is 2. The van der Waals surface area contributed by atoms with Crippen molar-refractivity contribution in [2.24, 2.45) is 0 Å². The molecule has 0 spiro atoms. The number of rotatable bonds is 5. The van der Waals surface area contributed by atoms with E-state index in [4.69, 9.17) is 4.74 Å². The molecular weight excluding hydrogens is 274 g/mol. The highest BCUT2D eigenvalue weighted by atomic mass is 16.6. The zero-order chi connectivity index (χ0) is 15.4. The molecule has 0 radical (unpaired) electrons. The predicted molar refractivity (Wildman–Crippen MR) is 78.5 cm³/mol. The van der Waals surface area contributed by atoms with Gasteiger partial charge >= 0.3 is 0 Å². The van der Waals surface area contributed by atoms with Crippen molar-refractivity contribution in [1.29, 1.82) is 0 Å². The van der Waals surface area contributed by atoms with Gasteiger partial charge in [0, 0.05) is 31.8 Å². The Morgan fingerprint density at radius 2 is 2.19 bits per heavy atom. The molecule has 1 amide bonds. The summed E-state index contributed by atoms with van der Waals surface area (Å²) in [5.74, 6) is -0.219. The van der Waals surface area contributed by atoms with E-state index < -0.39 is 4.92 Å². The molecule has 1 aliphatic rings. The Balaban J connectivity index is 2.07. The van der Waals surface area contributed by atoms with Crippen LogP contribution < -0.4 is 10.6 Å². The number of nitro groups is 1. The fourth-order valence-electron chi connectivity index (χ4n) is 2.59. The fourth-order valence-corrected chi connectivity index (χ4v) is 2.59. The van der Waals surface area contributed by atoms with Crippen molar-refractivity contribution in [1.82, 2.24) is 5.32 Å². The third kappa shape index (κ3) is 3.49. The molecule has 2 rings (SSSR count). The molecular formula is C14H19N3O4. The van der Waals surface area contributed by atoms with Crippen LogP contribution in [0.5, 0.6) is 0 Å². The maximum atomic E-state index is 12.2. The third-order valence-electron chi connectivity index (χ3n) is 3.78. The molecule has 1 fully saturated rings. The van der Waals surface area contributed by atoms with Crippen LogP contribution in [0.2, 0.25) is 0 Å². The highest BCUT2D eigenvalue weighted by Crippen LogP contribution is 2.26. The number of methoxy groups -OCH3 is 1. The Kier molecular flexibility index (Phi) is 4.74. The summed E-state index contributed by atoms with van der Waals surface area (Å²) in [6.45, 7) is 0. The van der Waals surface area contributed by atoms with Gasteiger partial charge in [-0.1, -0.05) is 0 Å². The topological polar surface area (TPSA) is 93.5 Å². The maximum absolute atomic E-state index is 12.2. The second-order valence-electron chi connectivity index (χ2n) is 5.08. The first-order valence-electron chi connectivity index (χ1n) is 6.85. The van der Waals surface area contributed by atoms with Gasteiger partial charge in [-0.2, -0.15) is 0 Å². The first-order valence-corrected chi connectivity index (χ1v) is 6.85. The van der Waals surface area contributed by atoms with E-state index in [0.29, 0.717) is 11.3 Å². The van der Waals surface area contributed by atoms with E-state index in [2.05, 4.69) is 10.6 Å². The number of carbonyl (C=O) groups is 1. The third-order valence-corrected chi connectivity index (χ3v) is 3.78. The van der Waals surface area contributed by atoms with Crippen LogP contribution in [0.15, 0.2) is 18.2 Å². The lowest BCUT2D eigenvalue weighted by atomic mass is 10.1. The van der Waals surface area contributed by atoms with Crippen molar-refractivity contribution in [2.45, 2.75) is 31.4 Å². The normalized spacial score (nSPS) is 21.0. The van der Waals surface area contributed by atoms with Crippen LogP contribution in [0.3, 0.4) is 0 Å². The standard InChI is InChI=1S/C14H19N3O4/c1-15-12-7-9(3-6-13(12)17(19)20)14(18)16-10-4-5-11(8-10)21-2/h3,6-7,10-11,15H,4-5,8H2,1-2H3,(H,16,18). The SMILES string of the molecule is CNc1cc(C(=O)NC2CCC(OC)C2)ccc1[N+](=O)[O-]. The highest BCUT2D eigenvalue weighted by molar-refractivity contribution is 5.96. The molecule has 1 saturated carbocycles. The molecule has 0 bridgehead atoms. The molecule has 7 nitrogen and oxygen atoms in total. The van der Waals surface area contributed by atoms with Gasteiger partial charge in [0.25, 0.3) is 11.6 Å². The van der Waals surface area contributed by atoms with Gasteiger partial charge in [0.05, 0.1) is 11.0 Å². The minimum absolute atomic E-state index is 0.0469. The van der Waals surface area contributed by atoms with Crippen LogP contribution in [-0.4, -0.2) is 37.1 Å². The Hall–Kier alpha value is -2.15. The molecule has 114 valence electrons. The van der Waals surface area contributed by atoms with Crippen LogP contribution in [0.1, 0.15) is 29.6 Å². The van der Waals surface area contributed by atoms with E-state index >= 15 is 0 Å². The molecule has 0 saturated heterocycles. The Morgan fingerprint density at radius 3 is 2.76 bits per heavy atom. The molecule has 7 heteroatoms. The number of nitrogens with zero attached hydrogens (tertiary/aromatic N) is 1. The lowest BCUT2D eigenvalue weighted by Gasteiger charge is -2.13. The monoisotopic (exact) mass is 293 g/mol. The summed E-state index contributed by atoms with van der Waals surface area (Å²) in [5.41, 5.74) is 0.689. The summed E-state index contributed by atoms with van der Waals surface area (Å²) < 4.78 is 5.27. The van der Waals surface area contributed by atoms with Gasteiger partial charge in [-0.15, -0.1) is 0 Å². The molecule has 0 heterocycles. The number of anilines is 1. The number of carbonyl (C=O) groups excluding carboxylic acids is 1. The van der Waals surface area contributed by atoms with Gasteiger partial charge in [-0.3, -0.25) is 14.9 Å². The molecule has 2 unspecified atom stereocenters. The van der Waals surface area contributed by atoms with Gasteiger partial charge in [-0.25, -0.2) is 0 Å². The molecule has 1 aromatic rings. The average molecular weight is 293 g/mol. The molecule has 21 heavy (non-hydrogen) atoms. The molecule has 2 atom stereocenters. The molecule has 1 aliphatic carbocycles. The molecule has 2 N–H and O–H groups in total. The zero-order valence-electron chi connectivity index (χ0n) is 12.1. The van der Waals surface area contributed by atoms with Crippen molar-refractivity contribution < 1.29 is 14.5 Å². The minimum Gasteiger partial charge on any atom is -0.383 e. The number of amides is 1. The Bertz CT molecular complexity index is 547. The van der Waals surface area contributed by atoms with Gasteiger partial charge in [0.2, 0.25) is 0 Å². The van der Waals surface area contributed by atoms with Crippen LogP contribution in [0.4, 0.5) is 11.4 Å². The Morgan fingerprint density at radius 1 is 1.43 bits per heavy atom. The summed E-state index contributed by atoms with van der Waals surface area (Å²) in [7, 11) is 3.26. The summed E-state index contributed by atoms with van der Waals surface area (Å²) in [5, 5.41) is 16.5. The fraction of sp³-hybridized carbons (Fsp3) is 0.500. The van der Waals surface area contributed by atoms with Gasteiger partial charge in [0.15, 0.2) is 0 Å². The molecule has 0 aromatic heterocycles. The summed E-state index contributed by atoms with van der Waals surface area (Å²) in [4.78, 5) is 22.6. The summed E-state index contributed by atoms with van der Waals surface area (Å²) in [6.07, 6.45) is 2.81. The van der Waals surface area contributed by atoms with Crippen molar-refractivity contribution >= 4 is 17.3 Å².